The Morgan fingerprint density at radius 2 is 1.78 bits per heavy atom. The lowest BCUT2D eigenvalue weighted by molar-refractivity contribution is -0.143. The van der Waals surface area contributed by atoms with Gasteiger partial charge in [-0.2, -0.15) is 0 Å². The number of thiazole rings is 1. The fraction of sp³-hybridized carbons (Fsp3) is 0.321. The van der Waals surface area contributed by atoms with Crippen molar-refractivity contribution < 1.29 is 19.0 Å². The molecule has 1 atom stereocenters. The molecule has 0 spiro atoms. The molecule has 2 aromatic carbocycles. The van der Waals surface area contributed by atoms with Gasteiger partial charge in [0.05, 0.1) is 41.2 Å². The highest BCUT2D eigenvalue weighted by Crippen LogP contribution is 2.31. The smallest absolute Gasteiger partial charge is 0.338 e. The second-order valence-electron chi connectivity index (χ2n) is 8.52. The highest BCUT2D eigenvalue weighted by molar-refractivity contribution is 7.07. The number of fused-ring (bicyclic) bond motifs is 1. The Morgan fingerprint density at radius 1 is 1.08 bits per heavy atom. The third kappa shape index (κ3) is 5.14. The highest BCUT2D eigenvalue weighted by atomic mass is 32.1. The van der Waals surface area contributed by atoms with Crippen molar-refractivity contribution in [3.8, 4) is 11.5 Å². The van der Waals surface area contributed by atoms with Crippen LogP contribution < -0.4 is 24.4 Å². The molecule has 4 rings (SSSR count). The minimum absolute atomic E-state index is 0.221. The van der Waals surface area contributed by atoms with Crippen molar-refractivity contribution in [3.63, 3.8) is 0 Å². The van der Waals surface area contributed by atoms with E-state index in [0.29, 0.717) is 45.3 Å². The number of benzene rings is 2. The number of carbonyl (C=O) groups excluding carboxylic acids is 1. The normalized spacial score (nSPS) is 15.5. The molecule has 0 aliphatic carbocycles. The molecule has 1 aliphatic rings. The van der Waals surface area contributed by atoms with E-state index in [4.69, 9.17) is 14.2 Å². The second-order valence-corrected chi connectivity index (χ2v) is 9.53. The first-order valence-electron chi connectivity index (χ1n) is 12.0. The maximum absolute atomic E-state index is 13.7. The van der Waals surface area contributed by atoms with E-state index < -0.39 is 12.0 Å². The minimum Gasteiger partial charge on any atom is -0.490 e. The number of nitrogens with zero attached hydrogens (tertiary/aromatic N) is 2. The van der Waals surface area contributed by atoms with E-state index in [2.05, 4.69) is 4.99 Å². The van der Waals surface area contributed by atoms with E-state index >= 15 is 0 Å². The minimum atomic E-state index is -0.629. The molecule has 3 aromatic rings. The second kappa shape index (κ2) is 11.0. The van der Waals surface area contributed by atoms with Gasteiger partial charge in [0.25, 0.3) is 5.56 Å². The first kappa shape index (κ1) is 25.4. The summed E-state index contributed by atoms with van der Waals surface area (Å²) in [7, 11) is 0. The number of hydrogen-bond donors (Lipinski definition) is 0. The van der Waals surface area contributed by atoms with Crippen LogP contribution in [0.5, 0.6) is 11.5 Å². The summed E-state index contributed by atoms with van der Waals surface area (Å²) in [5, 5.41) is 0. The summed E-state index contributed by atoms with van der Waals surface area (Å²) >= 11 is 1.29. The summed E-state index contributed by atoms with van der Waals surface area (Å²) in [5.41, 5.74) is 2.31. The molecule has 0 bridgehead atoms. The Morgan fingerprint density at radius 3 is 2.44 bits per heavy atom. The molecular formula is C28H30N2O5S. The van der Waals surface area contributed by atoms with E-state index in [0.717, 1.165) is 11.1 Å². The number of carbonyl (C=O) groups is 1. The summed E-state index contributed by atoms with van der Waals surface area (Å²) < 4.78 is 19.0. The summed E-state index contributed by atoms with van der Waals surface area (Å²) in [6.07, 6.45) is 1.52. The van der Waals surface area contributed by atoms with E-state index in [1.807, 2.05) is 68.5 Å². The Kier molecular flexibility index (Phi) is 7.74. The van der Waals surface area contributed by atoms with E-state index in [-0.39, 0.29) is 11.7 Å². The summed E-state index contributed by atoms with van der Waals surface area (Å²) in [5.74, 6) is 0.811. The first-order valence-corrected chi connectivity index (χ1v) is 12.8. The van der Waals surface area contributed by atoms with Crippen LogP contribution in [-0.4, -0.2) is 29.9 Å². The third-order valence-corrected chi connectivity index (χ3v) is 6.55. The Hall–Kier alpha value is -3.65. The van der Waals surface area contributed by atoms with Crippen LogP contribution >= 0.6 is 11.3 Å². The maximum atomic E-state index is 13.7. The van der Waals surface area contributed by atoms with E-state index in [9.17, 15) is 9.59 Å². The van der Waals surface area contributed by atoms with Crippen LogP contribution in [0, 0.1) is 0 Å². The summed E-state index contributed by atoms with van der Waals surface area (Å²) in [4.78, 5) is 32.0. The standard InChI is InChI=1S/C28H30N2O5S/c1-6-33-21-14-13-19(15-22(21)34-7-2)16-23-26(31)30-25(20-11-9-8-10-12-20)24(27(32)35-17(3)4)18(5)29-28(30)36-23/h8-17,25H,6-7H2,1-5H3. The van der Waals surface area contributed by atoms with Crippen molar-refractivity contribution in [1.29, 1.82) is 0 Å². The largest absolute Gasteiger partial charge is 0.490 e. The van der Waals surface area contributed by atoms with Crippen molar-refractivity contribution in [2.75, 3.05) is 13.2 Å². The molecule has 188 valence electrons. The zero-order valence-corrected chi connectivity index (χ0v) is 21.9. The van der Waals surface area contributed by atoms with Gasteiger partial charge in [-0.15, -0.1) is 0 Å². The van der Waals surface area contributed by atoms with Crippen molar-refractivity contribution >= 4 is 23.4 Å². The van der Waals surface area contributed by atoms with Gasteiger partial charge in [-0.1, -0.05) is 47.7 Å². The lowest BCUT2D eigenvalue weighted by Gasteiger charge is -2.25. The van der Waals surface area contributed by atoms with Crippen LogP contribution in [0.3, 0.4) is 0 Å². The third-order valence-electron chi connectivity index (χ3n) is 5.56. The molecule has 0 saturated carbocycles. The predicted octanol–water partition coefficient (Wildman–Crippen LogP) is 3.98. The Bertz CT molecular complexity index is 1470. The number of ether oxygens (including phenoxy) is 3. The fourth-order valence-corrected chi connectivity index (χ4v) is 5.17. The van der Waals surface area contributed by atoms with Gasteiger partial charge in [0.15, 0.2) is 16.3 Å². The van der Waals surface area contributed by atoms with Crippen LogP contribution in [0.2, 0.25) is 0 Å². The van der Waals surface area contributed by atoms with Crippen molar-refractivity contribution in [3.05, 3.63) is 90.6 Å². The maximum Gasteiger partial charge on any atom is 0.338 e. The molecule has 0 amide bonds. The number of esters is 1. The van der Waals surface area contributed by atoms with Crippen LogP contribution in [0.4, 0.5) is 0 Å². The van der Waals surface area contributed by atoms with Crippen LogP contribution in [0.25, 0.3) is 6.08 Å². The molecule has 0 saturated heterocycles. The van der Waals surface area contributed by atoms with Crippen molar-refractivity contribution in [2.24, 2.45) is 4.99 Å². The molecule has 0 radical (unpaired) electrons. The van der Waals surface area contributed by atoms with Gasteiger partial charge in [-0.3, -0.25) is 9.36 Å². The number of hydrogen-bond acceptors (Lipinski definition) is 7. The summed E-state index contributed by atoms with van der Waals surface area (Å²) in [6, 6.07) is 14.5. The molecular weight excluding hydrogens is 476 g/mol. The number of allylic oxidation sites excluding steroid dienone is 1. The quantitative estimate of drug-likeness (QED) is 0.432. The Labute approximate surface area is 214 Å². The zero-order valence-electron chi connectivity index (χ0n) is 21.1. The van der Waals surface area contributed by atoms with Crippen LogP contribution in [0.1, 0.15) is 51.8 Å². The average Bonchev–Trinajstić information content (AvgIpc) is 3.14. The molecule has 0 fully saturated rings. The highest BCUT2D eigenvalue weighted by Gasteiger charge is 2.33. The van der Waals surface area contributed by atoms with Gasteiger partial charge in [-0.25, -0.2) is 9.79 Å². The van der Waals surface area contributed by atoms with Gasteiger partial charge in [0.2, 0.25) is 0 Å². The molecule has 1 aromatic heterocycles. The van der Waals surface area contributed by atoms with Crippen molar-refractivity contribution in [2.45, 2.75) is 46.8 Å². The van der Waals surface area contributed by atoms with E-state index in [1.54, 1.807) is 25.3 Å². The van der Waals surface area contributed by atoms with Crippen LogP contribution in [0.15, 0.2) is 69.6 Å². The molecule has 2 heterocycles. The van der Waals surface area contributed by atoms with Gasteiger partial charge >= 0.3 is 5.97 Å². The van der Waals surface area contributed by atoms with Gasteiger partial charge in [0, 0.05) is 0 Å². The zero-order chi connectivity index (χ0) is 25.8. The van der Waals surface area contributed by atoms with Gasteiger partial charge < -0.3 is 14.2 Å². The molecule has 8 heteroatoms. The number of aromatic nitrogens is 1. The molecule has 7 nitrogen and oxygen atoms in total. The first-order chi connectivity index (χ1) is 17.3. The average molecular weight is 507 g/mol. The lowest BCUT2D eigenvalue weighted by atomic mass is 9.96. The predicted molar refractivity (Wildman–Crippen MR) is 140 cm³/mol. The Balaban J connectivity index is 1.87. The molecule has 1 unspecified atom stereocenters. The monoisotopic (exact) mass is 506 g/mol. The van der Waals surface area contributed by atoms with Gasteiger partial charge in [0.1, 0.15) is 0 Å². The molecule has 1 aliphatic heterocycles. The lowest BCUT2D eigenvalue weighted by Crippen LogP contribution is -2.40. The molecule has 0 N–H and O–H groups in total. The summed E-state index contributed by atoms with van der Waals surface area (Å²) in [6.45, 7) is 10.2. The van der Waals surface area contributed by atoms with Crippen molar-refractivity contribution in [1.82, 2.24) is 4.57 Å². The fourth-order valence-electron chi connectivity index (χ4n) is 4.12. The number of rotatable bonds is 8. The SMILES string of the molecule is CCOc1ccc(C=c2sc3n(c2=O)C(c2ccccc2)C(C(=O)OC(C)C)=C(C)N=3)cc1OCC. The molecule has 36 heavy (non-hydrogen) atoms. The van der Waals surface area contributed by atoms with E-state index in [1.165, 1.54) is 11.3 Å². The van der Waals surface area contributed by atoms with Gasteiger partial charge in [-0.05, 0) is 64.0 Å². The van der Waals surface area contributed by atoms with Crippen LogP contribution in [-0.2, 0) is 9.53 Å². The topological polar surface area (TPSA) is 79.1 Å².